The zero-order valence-electron chi connectivity index (χ0n) is 12.5. The Morgan fingerprint density at radius 1 is 1.14 bits per heavy atom. The third-order valence-electron chi connectivity index (χ3n) is 3.23. The van der Waals surface area contributed by atoms with Crippen LogP contribution in [0.2, 0.25) is 0 Å². The second-order valence-electron chi connectivity index (χ2n) is 5.06. The molecule has 0 unspecified atom stereocenters. The minimum atomic E-state index is -0.119. The molecule has 1 aromatic heterocycles. The number of hydrogen-bond acceptors (Lipinski definition) is 3. The fraction of sp³-hybridized carbons (Fsp3) is 0.294. The van der Waals surface area contributed by atoms with Crippen LogP contribution in [0.15, 0.2) is 47.8 Å². The van der Waals surface area contributed by atoms with E-state index >= 15 is 0 Å². The lowest BCUT2D eigenvalue weighted by Gasteiger charge is -2.18. The Labute approximate surface area is 134 Å². The number of nitrogens with one attached hydrogen (secondary N) is 2. The van der Waals surface area contributed by atoms with Gasteiger partial charge in [0.15, 0.2) is 0 Å². The quantitative estimate of drug-likeness (QED) is 0.825. The van der Waals surface area contributed by atoms with Crippen LogP contribution < -0.4 is 10.6 Å². The standard InChI is InChI=1S/C17H20N2O2S/c1-13(20)18-10-9-17(21)19-15(16-8-5-11-22-16)12-14-6-3-2-4-7-14/h2-8,11,15H,9-10,12H2,1H3,(H,18,20)(H,19,21)/t15-/m1/s1. The van der Waals surface area contributed by atoms with Gasteiger partial charge >= 0.3 is 0 Å². The zero-order chi connectivity index (χ0) is 15.8. The molecule has 0 saturated heterocycles. The molecule has 116 valence electrons. The molecule has 1 aromatic carbocycles. The lowest BCUT2D eigenvalue weighted by Crippen LogP contribution is -2.32. The highest BCUT2D eigenvalue weighted by Crippen LogP contribution is 2.23. The van der Waals surface area contributed by atoms with Crippen molar-refractivity contribution in [1.82, 2.24) is 10.6 Å². The van der Waals surface area contributed by atoms with Crippen LogP contribution in [0.4, 0.5) is 0 Å². The lowest BCUT2D eigenvalue weighted by molar-refractivity contribution is -0.122. The van der Waals surface area contributed by atoms with Gasteiger partial charge in [0, 0.05) is 24.8 Å². The van der Waals surface area contributed by atoms with Gasteiger partial charge in [0.25, 0.3) is 0 Å². The SMILES string of the molecule is CC(=O)NCCC(=O)N[C@H](Cc1ccccc1)c1cccs1. The van der Waals surface area contributed by atoms with E-state index in [1.54, 1.807) is 11.3 Å². The van der Waals surface area contributed by atoms with Gasteiger partial charge in [-0.25, -0.2) is 0 Å². The minimum absolute atomic E-state index is 0.0350. The van der Waals surface area contributed by atoms with E-state index in [9.17, 15) is 9.59 Å². The number of amides is 2. The van der Waals surface area contributed by atoms with Gasteiger partial charge < -0.3 is 10.6 Å². The second kappa shape index (κ2) is 8.34. The predicted molar refractivity (Wildman–Crippen MR) is 88.6 cm³/mol. The van der Waals surface area contributed by atoms with Gasteiger partial charge in [-0.1, -0.05) is 36.4 Å². The topological polar surface area (TPSA) is 58.2 Å². The molecule has 2 rings (SSSR count). The molecule has 2 N–H and O–H groups in total. The van der Waals surface area contributed by atoms with Crippen LogP contribution in [-0.2, 0) is 16.0 Å². The highest BCUT2D eigenvalue weighted by molar-refractivity contribution is 7.10. The summed E-state index contributed by atoms with van der Waals surface area (Å²) in [5.41, 5.74) is 1.18. The minimum Gasteiger partial charge on any atom is -0.356 e. The van der Waals surface area contributed by atoms with Crippen molar-refractivity contribution in [2.24, 2.45) is 0 Å². The van der Waals surface area contributed by atoms with Crippen LogP contribution in [0.3, 0.4) is 0 Å². The lowest BCUT2D eigenvalue weighted by atomic mass is 10.0. The molecule has 22 heavy (non-hydrogen) atoms. The first-order valence-electron chi connectivity index (χ1n) is 7.26. The van der Waals surface area contributed by atoms with E-state index in [4.69, 9.17) is 0 Å². The summed E-state index contributed by atoms with van der Waals surface area (Å²) in [4.78, 5) is 24.0. The summed E-state index contributed by atoms with van der Waals surface area (Å²) in [6.07, 6.45) is 1.05. The molecule has 0 spiro atoms. The fourth-order valence-corrected chi connectivity index (χ4v) is 2.96. The van der Waals surface area contributed by atoms with E-state index in [-0.39, 0.29) is 24.3 Å². The van der Waals surface area contributed by atoms with Crippen LogP contribution in [0.25, 0.3) is 0 Å². The maximum atomic E-state index is 12.1. The molecule has 5 heteroatoms. The maximum Gasteiger partial charge on any atom is 0.222 e. The van der Waals surface area contributed by atoms with Crippen molar-refractivity contribution in [1.29, 1.82) is 0 Å². The van der Waals surface area contributed by atoms with Crippen molar-refractivity contribution in [2.75, 3.05) is 6.54 Å². The van der Waals surface area contributed by atoms with Crippen molar-refractivity contribution in [3.05, 3.63) is 58.3 Å². The first-order chi connectivity index (χ1) is 10.6. The molecule has 2 aromatic rings. The molecule has 1 atom stereocenters. The Morgan fingerprint density at radius 3 is 2.55 bits per heavy atom. The largest absolute Gasteiger partial charge is 0.356 e. The van der Waals surface area contributed by atoms with Crippen molar-refractivity contribution >= 4 is 23.2 Å². The van der Waals surface area contributed by atoms with Crippen LogP contribution in [-0.4, -0.2) is 18.4 Å². The maximum absolute atomic E-state index is 12.1. The summed E-state index contributed by atoms with van der Waals surface area (Å²) >= 11 is 1.64. The molecule has 0 aliphatic carbocycles. The molecule has 0 aliphatic rings. The molecule has 0 fully saturated rings. The van der Waals surface area contributed by atoms with Crippen LogP contribution in [0.1, 0.15) is 29.8 Å². The molecule has 0 radical (unpaired) electrons. The fourth-order valence-electron chi connectivity index (χ4n) is 2.18. The third-order valence-corrected chi connectivity index (χ3v) is 4.22. The first-order valence-corrected chi connectivity index (χ1v) is 8.14. The Kier molecular flexibility index (Phi) is 6.15. The summed E-state index contributed by atoms with van der Waals surface area (Å²) in [5.74, 6) is -0.171. The monoisotopic (exact) mass is 316 g/mol. The summed E-state index contributed by atoms with van der Waals surface area (Å²) in [6, 6.07) is 14.1. The number of benzene rings is 1. The number of hydrogen-bond donors (Lipinski definition) is 2. The molecule has 4 nitrogen and oxygen atoms in total. The van der Waals surface area contributed by atoms with Crippen LogP contribution >= 0.6 is 11.3 Å². The van der Waals surface area contributed by atoms with Crippen molar-refractivity contribution in [2.45, 2.75) is 25.8 Å². The van der Waals surface area contributed by atoms with Crippen LogP contribution in [0.5, 0.6) is 0 Å². The third kappa shape index (κ3) is 5.33. The van der Waals surface area contributed by atoms with E-state index < -0.39 is 0 Å². The summed E-state index contributed by atoms with van der Waals surface area (Å²) in [7, 11) is 0. The summed E-state index contributed by atoms with van der Waals surface area (Å²) in [5, 5.41) is 7.71. The molecule has 0 saturated carbocycles. The Balaban J connectivity index is 1.96. The molecular formula is C17H20N2O2S. The van der Waals surface area contributed by atoms with E-state index in [2.05, 4.69) is 22.8 Å². The van der Waals surface area contributed by atoms with Crippen LogP contribution in [0, 0.1) is 0 Å². The normalized spacial score (nSPS) is 11.7. The molecular weight excluding hydrogens is 296 g/mol. The molecule has 1 heterocycles. The summed E-state index contributed by atoms with van der Waals surface area (Å²) in [6.45, 7) is 1.81. The van der Waals surface area contributed by atoms with E-state index in [1.165, 1.54) is 12.5 Å². The van der Waals surface area contributed by atoms with Gasteiger partial charge in [0.05, 0.1) is 6.04 Å². The highest BCUT2D eigenvalue weighted by Gasteiger charge is 2.16. The Hall–Kier alpha value is -2.14. The van der Waals surface area contributed by atoms with E-state index in [0.29, 0.717) is 6.54 Å². The average Bonchev–Trinajstić information content (AvgIpc) is 3.01. The van der Waals surface area contributed by atoms with Gasteiger partial charge in [0.2, 0.25) is 11.8 Å². The van der Waals surface area contributed by atoms with E-state index in [1.807, 2.05) is 35.7 Å². The van der Waals surface area contributed by atoms with Crippen molar-refractivity contribution < 1.29 is 9.59 Å². The van der Waals surface area contributed by atoms with Crippen molar-refractivity contribution in [3.63, 3.8) is 0 Å². The van der Waals surface area contributed by atoms with Crippen molar-refractivity contribution in [3.8, 4) is 0 Å². The number of carbonyl (C=O) groups excluding carboxylic acids is 2. The summed E-state index contributed by atoms with van der Waals surface area (Å²) < 4.78 is 0. The average molecular weight is 316 g/mol. The van der Waals surface area contributed by atoms with Gasteiger partial charge in [-0.3, -0.25) is 9.59 Å². The van der Waals surface area contributed by atoms with Gasteiger partial charge in [-0.2, -0.15) is 0 Å². The zero-order valence-corrected chi connectivity index (χ0v) is 13.4. The number of thiophene rings is 1. The first kappa shape index (κ1) is 16.2. The smallest absolute Gasteiger partial charge is 0.222 e. The highest BCUT2D eigenvalue weighted by atomic mass is 32.1. The number of rotatable bonds is 7. The molecule has 2 amide bonds. The van der Waals surface area contributed by atoms with Gasteiger partial charge in [-0.05, 0) is 23.4 Å². The van der Waals surface area contributed by atoms with Gasteiger partial charge in [0.1, 0.15) is 0 Å². The molecule has 0 bridgehead atoms. The Bertz CT molecular complexity index is 596. The van der Waals surface area contributed by atoms with Gasteiger partial charge in [-0.15, -0.1) is 11.3 Å². The second-order valence-corrected chi connectivity index (χ2v) is 6.04. The Morgan fingerprint density at radius 2 is 1.91 bits per heavy atom. The molecule has 0 aliphatic heterocycles. The van der Waals surface area contributed by atoms with E-state index in [0.717, 1.165) is 11.3 Å². The predicted octanol–water partition coefficient (Wildman–Crippen LogP) is 2.67. The number of carbonyl (C=O) groups is 2.